The Bertz CT molecular complexity index is 361. The zero-order chi connectivity index (χ0) is 9.10. The third-order valence-corrected chi connectivity index (χ3v) is 5.80. The van der Waals surface area contributed by atoms with E-state index in [2.05, 4.69) is 38.1 Å². The number of fused-ring (bicyclic) bond motifs is 2. The monoisotopic (exact) mass is 186 g/mol. The molecule has 0 nitrogen and oxygen atoms in total. The van der Waals surface area contributed by atoms with Gasteiger partial charge in [0.25, 0.3) is 0 Å². The first-order valence-corrected chi connectivity index (χ1v) is 6.20. The summed E-state index contributed by atoms with van der Waals surface area (Å²) in [7, 11) is 1.18. The lowest BCUT2D eigenvalue weighted by Crippen LogP contribution is -2.26. The average Bonchev–Trinajstić information content (AvgIpc) is 2.81. The summed E-state index contributed by atoms with van der Waals surface area (Å²) in [5.41, 5.74) is 3.80. The Kier molecular flexibility index (Phi) is 1.25. The fourth-order valence-corrected chi connectivity index (χ4v) is 4.69. The molecule has 13 heavy (non-hydrogen) atoms. The van der Waals surface area contributed by atoms with E-state index in [4.69, 9.17) is 0 Å². The lowest BCUT2D eigenvalue weighted by molar-refractivity contribution is 0.323. The summed E-state index contributed by atoms with van der Waals surface area (Å²) >= 11 is 0. The molecule has 1 aromatic rings. The number of hydrogen-bond acceptors (Lipinski definition) is 0. The fourth-order valence-electron chi connectivity index (χ4n) is 2.84. The lowest BCUT2D eigenvalue weighted by atomic mass is 9.81. The van der Waals surface area contributed by atoms with Gasteiger partial charge in [0, 0.05) is 0 Å². The standard InChI is InChI=1S/C12H14Si/c1-11(2)7-9-5-3-4-6-10(9)12(11)8-13-12/h3-6H,7-8H2,1-2H3. The maximum atomic E-state index is 2.44. The van der Waals surface area contributed by atoms with Crippen molar-refractivity contribution in [3.8, 4) is 0 Å². The molecule has 0 bridgehead atoms. The molecule has 66 valence electrons. The summed E-state index contributed by atoms with van der Waals surface area (Å²) in [4.78, 5) is 0. The van der Waals surface area contributed by atoms with Crippen molar-refractivity contribution in [1.29, 1.82) is 0 Å². The number of rotatable bonds is 0. The Morgan fingerprint density at radius 3 is 2.62 bits per heavy atom. The zero-order valence-electron chi connectivity index (χ0n) is 8.22. The number of benzene rings is 1. The Morgan fingerprint density at radius 2 is 1.92 bits per heavy atom. The maximum absolute atomic E-state index is 2.44. The predicted molar refractivity (Wildman–Crippen MR) is 56.2 cm³/mol. The molecular formula is C12H14Si. The van der Waals surface area contributed by atoms with Crippen LogP contribution in [0.2, 0.25) is 6.04 Å². The second-order valence-corrected chi connectivity index (χ2v) is 6.54. The highest BCUT2D eigenvalue weighted by atomic mass is 28.2. The van der Waals surface area contributed by atoms with Gasteiger partial charge in [-0.25, -0.2) is 0 Å². The van der Waals surface area contributed by atoms with Crippen LogP contribution in [-0.2, 0) is 11.5 Å². The van der Waals surface area contributed by atoms with E-state index in [0.717, 1.165) is 0 Å². The van der Waals surface area contributed by atoms with E-state index in [1.165, 1.54) is 22.0 Å². The highest BCUT2D eigenvalue weighted by Crippen LogP contribution is 2.61. The molecule has 1 heterocycles. The van der Waals surface area contributed by atoms with E-state index in [1.54, 1.807) is 11.1 Å². The average molecular weight is 186 g/mol. The summed E-state index contributed by atoms with van der Waals surface area (Å²) in [5, 5.41) is 0.601. The van der Waals surface area contributed by atoms with Gasteiger partial charge in [-0.15, -0.1) is 0 Å². The molecule has 2 radical (unpaired) electrons. The van der Waals surface area contributed by atoms with Crippen molar-refractivity contribution in [1.82, 2.24) is 0 Å². The highest BCUT2D eigenvalue weighted by Gasteiger charge is 2.59. The van der Waals surface area contributed by atoms with Crippen molar-refractivity contribution in [3.05, 3.63) is 35.4 Å². The van der Waals surface area contributed by atoms with Crippen LogP contribution in [0.1, 0.15) is 25.0 Å². The molecule has 1 heteroatoms. The summed E-state index contributed by atoms with van der Waals surface area (Å²) in [6, 6.07) is 10.5. The molecule has 1 unspecified atom stereocenters. The number of hydrogen-bond donors (Lipinski definition) is 0. The van der Waals surface area contributed by atoms with Crippen molar-refractivity contribution >= 4 is 9.52 Å². The van der Waals surface area contributed by atoms with E-state index in [9.17, 15) is 0 Å². The molecule has 1 spiro atoms. The Morgan fingerprint density at radius 1 is 1.23 bits per heavy atom. The smallest absolute Gasteiger partial charge is 0.0527 e. The first kappa shape index (κ1) is 7.81. The SMILES string of the molecule is CC1(C)Cc2ccccc2C12C[Si]2. The van der Waals surface area contributed by atoms with Gasteiger partial charge in [-0.1, -0.05) is 44.2 Å². The van der Waals surface area contributed by atoms with Gasteiger partial charge in [0.05, 0.1) is 9.52 Å². The third-order valence-electron chi connectivity index (χ3n) is 3.80. The second kappa shape index (κ2) is 2.09. The molecule has 0 aromatic heterocycles. The van der Waals surface area contributed by atoms with Gasteiger partial charge in [0.15, 0.2) is 0 Å². The summed E-state index contributed by atoms with van der Waals surface area (Å²) in [6.45, 7) is 4.88. The van der Waals surface area contributed by atoms with Crippen molar-refractivity contribution in [2.24, 2.45) is 5.41 Å². The molecule has 1 atom stereocenters. The summed E-state index contributed by atoms with van der Waals surface area (Å²) in [5.74, 6) is 0. The van der Waals surface area contributed by atoms with Crippen LogP contribution in [0, 0.1) is 5.41 Å². The molecule has 0 amide bonds. The van der Waals surface area contributed by atoms with Crippen molar-refractivity contribution in [3.63, 3.8) is 0 Å². The van der Waals surface area contributed by atoms with Crippen LogP contribution < -0.4 is 0 Å². The van der Waals surface area contributed by atoms with E-state index in [1.807, 2.05) is 0 Å². The van der Waals surface area contributed by atoms with Crippen molar-refractivity contribution in [2.75, 3.05) is 0 Å². The van der Waals surface area contributed by atoms with Crippen LogP contribution in [0.25, 0.3) is 0 Å². The molecule has 0 saturated carbocycles. The lowest BCUT2D eigenvalue weighted by Gasteiger charge is -2.27. The molecule has 0 N–H and O–H groups in total. The molecule has 1 aliphatic carbocycles. The van der Waals surface area contributed by atoms with Crippen LogP contribution in [0.15, 0.2) is 24.3 Å². The van der Waals surface area contributed by atoms with Gasteiger partial charge in [-0.3, -0.25) is 0 Å². The highest BCUT2D eigenvalue weighted by molar-refractivity contribution is 6.54. The third kappa shape index (κ3) is 0.811. The molecular weight excluding hydrogens is 172 g/mol. The minimum absolute atomic E-state index is 0.523. The Labute approximate surface area is 82.2 Å². The van der Waals surface area contributed by atoms with Crippen molar-refractivity contribution < 1.29 is 0 Å². The van der Waals surface area contributed by atoms with Gasteiger partial charge in [0.2, 0.25) is 0 Å². The molecule has 1 saturated heterocycles. The molecule has 2 aliphatic rings. The van der Waals surface area contributed by atoms with Crippen LogP contribution in [0.5, 0.6) is 0 Å². The van der Waals surface area contributed by atoms with Crippen LogP contribution in [0.4, 0.5) is 0 Å². The van der Waals surface area contributed by atoms with E-state index >= 15 is 0 Å². The van der Waals surface area contributed by atoms with E-state index in [-0.39, 0.29) is 0 Å². The summed E-state index contributed by atoms with van der Waals surface area (Å²) in [6.07, 6.45) is 1.29. The minimum atomic E-state index is 0.523. The first-order chi connectivity index (χ1) is 6.16. The maximum Gasteiger partial charge on any atom is 0.0527 e. The van der Waals surface area contributed by atoms with Gasteiger partial charge in [-0.2, -0.15) is 0 Å². The van der Waals surface area contributed by atoms with Gasteiger partial charge >= 0.3 is 0 Å². The van der Waals surface area contributed by atoms with E-state index in [0.29, 0.717) is 10.5 Å². The Balaban J connectivity index is 2.22. The van der Waals surface area contributed by atoms with Gasteiger partial charge in [-0.05, 0) is 28.0 Å². The predicted octanol–water partition coefficient (Wildman–Crippen LogP) is 2.60. The minimum Gasteiger partial charge on any atom is -0.0620 e. The zero-order valence-corrected chi connectivity index (χ0v) is 9.22. The molecule has 3 rings (SSSR count). The van der Waals surface area contributed by atoms with Gasteiger partial charge < -0.3 is 0 Å². The first-order valence-electron chi connectivity index (χ1n) is 4.99. The molecule has 1 fully saturated rings. The quantitative estimate of drug-likeness (QED) is 0.546. The Hall–Kier alpha value is -0.563. The van der Waals surface area contributed by atoms with Crippen LogP contribution in [-0.4, -0.2) is 9.52 Å². The molecule has 1 aliphatic heterocycles. The second-order valence-electron chi connectivity index (χ2n) is 4.98. The van der Waals surface area contributed by atoms with Crippen molar-refractivity contribution in [2.45, 2.75) is 31.4 Å². The molecule has 1 aromatic carbocycles. The van der Waals surface area contributed by atoms with E-state index < -0.39 is 0 Å². The topological polar surface area (TPSA) is 0 Å². The summed E-state index contributed by atoms with van der Waals surface area (Å²) < 4.78 is 0. The normalized spacial score (nSPS) is 33.4. The largest absolute Gasteiger partial charge is 0.0620 e. The van der Waals surface area contributed by atoms with Crippen LogP contribution >= 0.6 is 0 Å². The van der Waals surface area contributed by atoms with Crippen LogP contribution in [0.3, 0.4) is 0 Å². The van der Waals surface area contributed by atoms with Gasteiger partial charge in [0.1, 0.15) is 0 Å². The fraction of sp³-hybridized carbons (Fsp3) is 0.500.